The van der Waals surface area contributed by atoms with E-state index >= 15 is 0 Å². The lowest BCUT2D eigenvalue weighted by Gasteiger charge is -2.13. The van der Waals surface area contributed by atoms with Gasteiger partial charge in [-0.15, -0.1) is 0 Å². The summed E-state index contributed by atoms with van der Waals surface area (Å²) >= 11 is 0. The van der Waals surface area contributed by atoms with Gasteiger partial charge in [0.25, 0.3) is 0 Å². The smallest absolute Gasteiger partial charge is 0.129 e. The van der Waals surface area contributed by atoms with Gasteiger partial charge in [0.05, 0.1) is 0 Å². The average molecular weight is 268 g/mol. The Morgan fingerprint density at radius 3 is 2.70 bits per heavy atom. The predicted molar refractivity (Wildman–Crippen MR) is 82.5 cm³/mol. The van der Waals surface area contributed by atoms with Crippen molar-refractivity contribution in [1.29, 1.82) is 0 Å². The highest BCUT2D eigenvalue weighted by Crippen LogP contribution is 2.23. The molecule has 1 saturated heterocycles. The monoisotopic (exact) mass is 268 g/mol. The molecule has 3 rings (SSSR count). The fourth-order valence-electron chi connectivity index (χ4n) is 2.47. The summed E-state index contributed by atoms with van der Waals surface area (Å²) in [6.07, 6.45) is 2.54. The van der Waals surface area contributed by atoms with E-state index in [4.69, 9.17) is 4.74 Å². The number of benzene rings is 2. The Bertz CT molecular complexity index is 536. The Kier molecular flexibility index (Phi) is 4.19. The van der Waals surface area contributed by atoms with Crippen LogP contribution in [0.4, 0.5) is 5.69 Å². The predicted octanol–water partition coefficient (Wildman–Crippen LogP) is 3.64. The summed E-state index contributed by atoms with van der Waals surface area (Å²) in [5.41, 5.74) is 1.10. The highest BCUT2D eigenvalue weighted by atomic mass is 16.5. The molecule has 0 amide bonds. The zero-order valence-corrected chi connectivity index (χ0v) is 11.5. The van der Waals surface area contributed by atoms with Gasteiger partial charge >= 0.3 is 0 Å². The van der Waals surface area contributed by atoms with Gasteiger partial charge in [-0.2, -0.15) is 0 Å². The van der Waals surface area contributed by atoms with Gasteiger partial charge < -0.3 is 15.4 Å². The van der Waals surface area contributed by atoms with Crippen molar-refractivity contribution < 1.29 is 4.74 Å². The van der Waals surface area contributed by atoms with Crippen LogP contribution in [0, 0.1) is 0 Å². The van der Waals surface area contributed by atoms with E-state index in [0.717, 1.165) is 30.3 Å². The fraction of sp³-hybridized carbons (Fsp3) is 0.294. The maximum absolute atomic E-state index is 5.84. The summed E-state index contributed by atoms with van der Waals surface area (Å²) < 4.78 is 5.84. The van der Waals surface area contributed by atoms with E-state index in [1.54, 1.807) is 0 Å². The molecule has 2 aromatic carbocycles. The van der Waals surface area contributed by atoms with E-state index in [-0.39, 0.29) is 0 Å². The van der Waals surface area contributed by atoms with Crippen molar-refractivity contribution in [2.45, 2.75) is 18.9 Å². The lowest BCUT2D eigenvalue weighted by molar-refractivity contribution is 0.483. The molecule has 2 aromatic rings. The van der Waals surface area contributed by atoms with Crippen molar-refractivity contribution >= 4 is 5.69 Å². The molecule has 3 nitrogen and oxygen atoms in total. The van der Waals surface area contributed by atoms with E-state index in [1.165, 1.54) is 12.8 Å². The topological polar surface area (TPSA) is 33.3 Å². The molecule has 0 unspecified atom stereocenters. The number of nitrogens with one attached hydrogen (secondary N) is 2. The first-order valence-corrected chi connectivity index (χ1v) is 7.20. The van der Waals surface area contributed by atoms with Crippen LogP contribution in [-0.4, -0.2) is 19.1 Å². The minimum Gasteiger partial charge on any atom is -0.457 e. The highest BCUT2D eigenvalue weighted by molar-refractivity contribution is 5.49. The molecule has 20 heavy (non-hydrogen) atoms. The lowest BCUT2D eigenvalue weighted by atomic mass is 10.2. The zero-order chi connectivity index (χ0) is 13.6. The largest absolute Gasteiger partial charge is 0.457 e. The molecule has 0 bridgehead atoms. The number of hydrogen-bond acceptors (Lipinski definition) is 3. The molecular weight excluding hydrogens is 248 g/mol. The number of para-hydroxylation sites is 1. The van der Waals surface area contributed by atoms with Crippen molar-refractivity contribution in [3.8, 4) is 11.5 Å². The van der Waals surface area contributed by atoms with Crippen molar-refractivity contribution in [3.63, 3.8) is 0 Å². The van der Waals surface area contributed by atoms with E-state index in [0.29, 0.717) is 6.04 Å². The number of ether oxygens (including phenoxy) is 1. The minimum absolute atomic E-state index is 0.591. The van der Waals surface area contributed by atoms with Crippen LogP contribution in [0.25, 0.3) is 0 Å². The van der Waals surface area contributed by atoms with Gasteiger partial charge in [-0.05, 0) is 43.7 Å². The van der Waals surface area contributed by atoms with Crippen LogP contribution in [0.5, 0.6) is 11.5 Å². The molecular formula is C17H20N2O. The Labute approximate surface area is 120 Å². The van der Waals surface area contributed by atoms with Crippen LogP contribution in [0.3, 0.4) is 0 Å². The second kappa shape index (κ2) is 6.44. The number of anilines is 1. The van der Waals surface area contributed by atoms with E-state index in [2.05, 4.69) is 16.7 Å². The molecule has 2 N–H and O–H groups in total. The standard InChI is InChI=1S/C17H20N2O/c1-2-8-16(9-3-1)20-17-10-4-6-14(12-17)19-13-15-7-5-11-18-15/h1-4,6,8-10,12,15,18-19H,5,7,11,13H2/t15-/m0/s1. The molecule has 1 aliphatic heterocycles. The quantitative estimate of drug-likeness (QED) is 0.868. The maximum Gasteiger partial charge on any atom is 0.129 e. The molecule has 3 heteroatoms. The molecule has 0 aromatic heterocycles. The van der Waals surface area contributed by atoms with Crippen molar-refractivity contribution in [2.24, 2.45) is 0 Å². The van der Waals surface area contributed by atoms with E-state index < -0.39 is 0 Å². The molecule has 0 aliphatic carbocycles. The van der Waals surface area contributed by atoms with E-state index in [9.17, 15) is 0 Å². The molecule has 1 heterocycles. The second-order valence-corrected chi connectivity index (χ2v) is 5.12. The van der Waals surface area contributed by atoms with Gasteiger partial charge in [-0.1, -0.05) is 24.3 Å². The number of rotatable bonds is 5. The van der Waals surface area contributed by atoms with Crippen LogP contribution in [0.2, 0.25) is 0 Å². The summed E-state index contributed by atoms with van der Waals surface area (Å²) in [7, 11) is 0. The second-order valence-electron chi connectivity index (χ2n) is 5.12. The van der Waals surface area contributed by atoms with Gasteiger partial charge in [-0.3, -0.25) is 0 Å². The first-order valence-electron chi connectivity index (χ1n) is 7.20. The van der Waals surface area contributed by atoms with Gasteiger partial charge in [0.1, 0.15) is 11.5 Å². The first kappa shape index (κ1) is 13.0. The molecule has 0 saturated carbocycles. The van der Waals surface area contributed by atoms with Crippen LogP contribution >= 0.6 is 0 Å². The summed E-state index contributed by atoms with van der Waals surface area (Å²) in [6.45, 7) is 2.11. The van der Waals surface area contributed by atoms with Crippen molar-refractivity contribution in [1.82, 2.24) is 5.32 Å². The summed E-state index contributed by atoms with van der Waals surface area (Å²) in [4.78, 5) is 0. The Hall–Kier alpha value is -2.00. The first-order chi connectivity index (χ1) is 9.90. The maximum atomic E-state index is 5.84. The zero-order valence-electron chi connectivity index (χ0n) is 11.5. The minimum atomic E-state index is 0.591. The van der Waals surface area contributed by atoms with Crippen LogP contribution in [0.15, 0.2) is 54.6 Å². The molecule has 0 spiro atoms. The van der Waals surface area contributed by atoms with Crippen molar-refractivity contribution in [2.75, 3.05) is 18.4 Å². The SMILES string of the molecule is c1ccc(Oc2cccc(NC[C@@H]3CCCN3)c2)cc1. The molecule has 1 fully saturated rings. The molecule has 1 aliphatic rings. The highest BCUT2D eigenvalue weighted by Gasteiger charge is 2.13. The van der Waals surface area contributed by atoms with Crippen LogP contribution < -0.4 is 15.4 Å². The van der Waals surface area contributed by atoms with Gasteiger partial charge in [-0.25, -0.2) is 0 Å². The van der Waals surface area contributed by atoms with Gasteiger partial charge in [0.2, 0.25) is 0 Å². The van der Waals surface area contributed by atoms with Gasteiger partial charge in [0.15, 0.2) is 0 Å². The molecule has 1 atom stereocenters. The Morgan fingerprint density at radius 1 is 1.05 bits per heavy atom. The number of hydrogen-bond donors (Lipinski definition) is 2. The third-order valence-electron chi connectivity index (χ3n) is 3.53. The van der Waals surface area contributed by atoms with Crippen molar-refractivity contribution in [3.05, 3.63) is 54.6 Å². The Morgan fingerprint density at radius 2 is 1.90 bits per heavy atom. The average Bonchev–Trinajstić information content (AvgIpc) is 3.00. The summed E-state index contributed by atoms with van der Waals surface area (Å²) in [5.74, 6) is 1.72. The third kappa shape index (κ3) is 3.52. The third-order valence-corrected chi connectivity index (χ3v) is 3.53. The Balaban J connectivity index is 1.60. The molecule has 0 radical (unpaired) electrons. The van der Waals surface area contributed by atoms with E-state index in [1.807, 2.05) is 48.5 Å². The molecule has 104 valence electrons. The lowest BCUT2D eigenvalue weighted by Crippen LogP contribution is -2.29. The van der Waals surface area contributed by atoms with Crippen LogP contribution in [-0.2, 0) is 0 Å². The normalized spacial score (nSPS) is 17.9. The van der Waals surface area contributed by atoms with Gasteiger partial charge in [0, 0.05) is 24.3 Å². The van der Waals surface area contributed by atoms with Crippen LogP contribution in [0.1, 0.15) is 12.8 Å². The summed E-state index contributed by atoms with van der Waals surface area (Å²) in [6, 6.07) is 18.6. The summed E-state index contributed by atoms with van der Waals surface area (Å²) in [5, 5.41) is 6.96. The fourth-order valence-corrected chi connectivity index (χ4v) is 2.47.